The molecule has 0 radical (unpaired) electrons. The summed E-state index contributed by atoms with van der Waals surface area (Å²) >= 11 is 0. The molecule has 1 fully saturated rings. The SMILES string of the molecule is CCNC(=NCc1cccc(F)c1)NCCCOCC1CCOC1.I. The van der Waals surface area contributed by atoms with Crippen molar-refractivity contribution in [3.8, 4) is 0 Å². The molecule has 1 aliphatic rings. The van der Waals surface area contributed by atoms with Gasteiger partial charge in [-0.3, -0.25) is 0 Å². The molecule has 0 bridgehead atoms. The number of aliphatic imine (C=N–C) groups is 1. The van der Waals surface area contributed by atoms with Gasteiger partial charge in [0.1, 0.15) is 5.82 Å². The topological polar surface area (TPSA) is 54.9 Å². The second kappa shape index (κ2) is 13.3. The van der Waals surface area contributed by atoms with E-state index in [-0.39, 0.29) is 29.8 Å². The van der Waals surface area contributed by atoms with Crippen molar-refractivity contribution in [2.75, 3.05) is 39.5 Å². The van der Waals surface area contributed by atoms with Crippen LogP contribution in [0.1, 0.15) is 25.3 Å². The summed E-state index contributed by atoms with van der Waals surface area (Å²) in [5.41, 5.74) is 0.856. The molecule has 142 valence electrons. The van der Waals surface area contributed by atoms with E-state index in [0.29, 0.717) is 12.5 Å². The largest absolute Gasteiger partial charge is 0.381 e. The molecule has 1 aromatic rings. The van der Waals surface area contributed by atoms with Crippen LogP contribution in [0.5, 0.6) is 0 Å². The Bertz CT molecular complexity index is 511. The van der Waals surface area contributed by atoms with Gasteiger partial charge in [-0.2, -0.15) is 0 Å². The first-order chi connectivity index (χ1) is 11.8. The lowest BCUT2D eigenvalue weighted by atomic mass is 10.1. The molecule has 0 aromatic heterocycles. The van der Waals surface area contributed by atoms with Gasteiger partial charge in [-0.25, -0.2) is 9.38 Å². The van der Waals surface area contributed by atoms with Crippen molar-refractivity contribution >= 4 is 29.9 Å². The van der Waals surface area contributed by atoms with Crippen molar-refractivity contribution in [3.05, 3.63) is 35.6 Å². The first-order valence-electron chi connectivity index (χ1n) is 8.70. The molecule has 1 unspecified atom stereocenters. The Kier molecular flexibility index (Phi) is 11.8. The zero-order chi connectivity index (χ0) is 17.0. The van der Waals surface area contributed by atoms with Crippen LogP contribution in [-0.4, -0.2) is 45.5 Å². The first-order valence-corrected chi connectivity index (χ1v) is 8.70. The molecule has 1 atom stereocenters. The van der Waals surface area contributed by atoms with Crippen molar-refractivity contribution in [2.45, 2.75) is 26.3 Å². The number of nitrogens with zero attached hydrogens (tertiary/aromatic N) is 1. The predicted molar refractivity (Wildman–Crippen MR) is 109 cm³/mol. The lowest BCUT2D eigenvalue weighted by molar-refractivity contribution is 0.0888. The van der Waals surface area contributed by atoms with E-state index in [4.69, 9.17) is 9.47 Å². The average Bonchev–Trinajstić information content (AvgIpc) is 3.09. The fraction of sp³-hybridized carbons (Fsp3) is 0.611. The molecular weight excluding hydrogens is 436 g/mol. The summed E-state index contributed by atoms with van der Waals surface area (Å²) < 4.78 is 24.2. The number of ether oxygens (including phenoxy) is 2. The Balaban J connectivity index is 0.00000312. The van der Waals surface area contributed by atoms with E-state index in [1.165, 1.54) is 12.1 Å². The van der Waals surface area contributed by atoms with E-state index < -0.39 is 0 Å². The van der Waals surface area contributed by atoms with E-state index >= 15 is 0 Å². The van der Waals surface area contributed by atoms with Gasteiger partial charge in [0.05, 0.1) is 19.8 Å². The fourth-order valence-corrected chi connectivity index (χ4v) is 2.49. The number of nitrogens with one attached hydrogen (secondary N) is 2. The molecule has 0 saturated carbocycles. The zero-order valence-corrected chi connectivity index (χ0v) is 17.1. The second-order valence-corrected chi connectivity index (χ2v) is 5.91. The van der Waals surface area contributed by atoms with Crippen LogP contribution in [0, 0.1) is 11.7 Å². The van der Waals surface area contributed by atoms with Gasteiger partial charge in [-0.15, -0.1) is 24.0 Å². The van der Waals surface area contributed by atoms with Gasteiger partial charge in [0.15, 0.2) is 5.96 Å². The molecule has 0 amide bonds. The summed E-state index contributed by atoms with van der Waals surface area (Å²) in [6, 6.07) is 6.52. The predicted octanol–water partition coefficient (Wildman–Crippen LogP) is 2.94. The third-order valence-electron chi connectivity index (χ3n) is 3.79. The van der Waals surface area contributed by atoms with Crippen molar-refractivity contribution in [3.63, 3.8) is 0 Å². The third kappa shape index (κ3) is 9.37. The highest BCUT2D eigenvalue weighted by atomic mass is 127. The second-order valence-electron chi connectivity index (χ2n) is 5.91. The molecule has 0 spiro atoms. The van der Waals surface area contributed by atoms with Crippen LogP contribution in [0.15, 0.2) is 29.3 Å². The zero-order valence-electron chi connectivity index (χ0n) is 14.8. The van der Waals surface area contributed by atoms with Gasteiger partial charge in [0.25, 0.3) is 0 Å². The standard InChI is InChI=1S/C18H28FN3O2.HI/c1-2-20-18(22-12-15-5-3-6-17(19)11-15)21-8-4-9-23-13-16-7-10-24-14-16;/h3,5-6,11,16H,2,4,7-10,12-14H2,1H3,(H2,20,21,22);1H. The number of guanidine groups is 1. The van der Waals surface area contributed by atoms with Crippen LogP contribution in [0.2, 0.25) is 0 Å². The summed E-state index contributed by atoms with van der Waals surface area (Å²) in [5.74, 6) is 1.07. The van der Waals surface area contributed by atoms with Gasteiger partial charge in [0, 0.05) is 32.2 Å². The summed E-state index contributed by atoms with van der Waals surface area (Å²) in [4.78, 5) is 4.48. The fourth-order valence-electron chi connectivity index (χ4n) is 2.49. The molecule has 2 rings (SSSR count). The summed E-state index contributed by atoms with van der Waals surface area (Å²) in [6.07, 6.45) is 2.02. The summed E-state index contributed by atoms with van der Waals surface area (Å²) in [6.45, 7) is 7.25. The van der Waals surface area contributed by atoms with Crippen LogP contribution in [0.3, 0.4) is 0 Å². The van der Waals surface area contributed by atoms with Crippen molar-refractivity contribution in [1.82, 2.24) is 10.6 Å². The lowest BCUT2D eigenvalue weighted by Crippen LogP contribution is -2.38. The van der Waals surface area contributed by atoms with Crippen LogP contribution in [0.25, 0.3) is 0 Å². The highest BCUT2D eigenvalue weighted by Crippen LogP contribution is 2.12. The minimum Gasteiger partial charge on any atom is -0.381 e. The van der Waals surface area contributed by atoms with E-state index in [1.807, 2.05) is 13.0 Å². The molecule has 1 saturated heterocycles. The number of rotatable bonds is 9. The van der Waals surface area contributed by atoms with Crippen LogP contribution in [-0.2, 0) is 16.0 Å². The third-order valence-corrected chi connectivity index (χ3v) is 3.79. The molecule has 7 heteroatoms. The van der Waals surface area contributed by atoms with Crippen molar-refractivity contribution < 1.29 is 13.9 Å². The van der Waals surface area contributed by atoms with Crippen LogP contribution < -0.4 is 10.6 Å². The smallest absolute Gasteiger partial charge is 0.191 e. The van der Waals surface area contributed by atoms with Gasteiger partial charge in [0.2, 0.25) is 0 Å². The number of halogens is 2. The number of hydrogen-bond donors (Lipinski definition) is 2. The maximum absolute atomic E-state index is 13.2. The molecule has 1 aliphatic heterocycles. The van der Waals surface area contributed by atoms with Gasteiger partial charge < -0.3 is 20.1 Å². The Morgan fingerprint density at radius 1 is 1.40 bits per heavy atom. The monoisotopic (exact) mass is 465 g/mol. The molecule has 25 heavy (non-hydrogen) atoms. The maximum atomic E-state index is 13.2. The van der Waals surface area contributed by atoms with E-state index in [2.05, 4.69) is 15.6 Å². The number of hydrogen-bond acceptors (Lipinski definition) is 3. The minimum absolute atomic E-state index is 0. The molecule has 1 heterocycles. The lowest BCUT2D eigenvalue weighted by Gasteiger charge is -2.12. The highest BCUT2D eigenvalue weighted by Gasteiger charge is 2.15. The van der Waals surface area contributed by atoms with Crippen molar-refractivity contribution in [2.24, 2.45) is 10.9 Å². The number of benzene rings is 1. The van der Waals surface area contributed by atoms with E-state index in [0.717, 1.165) is 63.9 Å². The van der Waals surface area contributed by atoms with Crippen molar-refractivity contribution in [1.29, 1.82) is 0 Å². The minimum atomic E-state index is -0.231. The summed E-state index contributed by atoms with van der Waals surface area (Å²) in [5, 5.41) is 6.47. The van der Waals surface area contributed by atoms with Gasteiger partial charge in [-0.05, 0) is 37.5 Å². The molecule has 0 aliphatic carbocycles. The first kappa shape index (κ1) is 22.1. The quantitative estimate of drug-likeness (QED) is 0.255. The van der Waals surface area contributed by atoms with E-state index in [1.54, 1.807) is 6.07 Å². The molecule has 5 nitrogen and oxygen atoms in total. The highest BCUT2D eigenvalue weighted by molar-refractivity contribution is 14.0. The maximum Gasteiger partial charge on any atom is 0.191 e. The van der Waals surface area contributed by atoms with Gasteiger partial charge >= 0.3 is 0 Å². The average molecular weight is 465 g/mol. The normalized spacial score (nSPS) is 17.2. The molecule has 1 aromatic carbocycles. The van der Waals surface area contributed by atoms with E-state index in [9.17, 15) is 4.39 Å². The Morgan fingerprint density at radius 3 is 3.00 bits per heavy atom. The Morgan fingerprint density at radius 2 is 2.28 bits per heavy atom. The molecule has 2 N–H and O–H groups in total. The van der Waals surface area contributed by atoms with Crippen LogP contribution in [0.4, 0.5) is 4.39 Å². The van der Waals surface area contributed by atoms with Crippen LogP contribution >= 0.6 is 24.0 Å². The Labute approximate surface area is 166 Å². The summed E-state index contributed by atoms with van der Waals surface area (Å²) in [7, 11) is 0. The van der Waals surface area contributed by atoms with Gasteiger partial charge in [-0.1, -0.05) is 12.1 Å². The Hall–Kier alpha value is -0.930. The molecular formula is C18H29FIN3O2.